The molecule has 0 aliphatic carbocycles. The summed E-state index contributed by atoms with van der Waals surface area (Å²) in [6, 6.07) is 0. The molecule has 0 bridgehead atoms. The minimum atomic E-state index is 0.118. The number of hydrogen-bond donors (Lipinski definition) is 1. The van der Waals surface area contributed by atoms with Crippen LogP contribution in [0.15, 0.2) is 60.3 Å². The first-order valence-electron chi connectivity index (χ1n) is 7.45. The van der Waals surface area contributed by atoms with Gasteiger partial charge in [0.1, 0.15) is 0 Å². The van der Waals surface area contributed by atoms with Crippen LogP contribution in [-0.4, -0.2) is 11.7 Å². The fourth-order valence-electron chi connectivity index (χ4n) is 2.08. The standard InChI is InChI=1S/C19H30O/c1-5-9-18(12-7-11-17(3)4)13-8-14-19(10-6-2)15-16-20/h5-6,11,13,15,20H,1-2,7-10,12,14,16H2,3-4H3/b18-13+,19-15+. The molecule has 0 saturated carbocycles. The summed E-state index contributed by atoms with van der Waals surface area (Å²) < 4.78 is 0. The second-order valence-corrected chi connectivity index (χ2v) is 5.25. The van der Waals surface area contributed by atoms with Gasteiger partial charge in [0, 0.05) is 0 Å². The summed E-state index contributed by atoms with van der Waals surface area (Å²) in [5, 5.41) is 8.98. The Bertz CT molecular complexity index is 365. The molecular weight excluding hydrogens is 244 g/mol. The van der Waals surface area contributed by atoms with Crippen molar-refractivity contribution in [3.8, 4) is 0 Å². The first-order chi connectivity index (χ1) is 9.63. The van der Waals surface area contributed by atoms with Crippen molar-refractivity contribution in [3.63, 3.8) is 0 Å². The van der Waals surface area contributed by atoms with Crippen molar-refractivity contribution in [1.29, 1.82) is 0 Å². The van der Waals surface area contributed by atoms with Crippen LogP contribution in [0.5, 0.6) is 0 Å². The van der Waals surface area contributed by atoms with E-state index in [1.54, 1.807) is 0 Å². The van der Waals surface area contributed by atoms with Crippen LogP contribution in [0.25, 0.3) is 0 Å². The molecule has 1 heteroatoms. The molecule has 0 aliphatic rings. The van der Waals surface area contributed by atoms with Gasteiger partial charge in [-0.25, -0.2) is 0 Å². The second kappa shape index (κ2) is 12.7. The third-order valence-electron chi connectivity index (χ3n) is 3.11. The van der Waals surface area contributed by atoms with Gasteiger partial charge >= 0.3 is 0 Å². The van der Waals surface area contributed by atoms with Crippen LogP contribution in [0.1, 0.15) is 52.4 Å². The highest BCUT2D eigenvalue weighted by molar-refractivity contribution is 5.12. The van der Waals surface area contributed by atoms with Crippen LogP contribution in [0.3, 0.4) is 0 Å². The van der Waals surface area contributed by atoms with Crippen molar-refractivity contribution in [3.05, 3.63) is 60.3 Å². The van der Waals surface area contributed by atoms with Crippen molar-refractivity contribution in [2.45, 2.75) is 52.4 Å². The summed E-state index contributed by atoms with van der Waals surface area (Å²) in [6.45, 7) is 12.0. The summed E-state index contributed by atoms with van der Waals surface area (Å²) in [4.78, 5) is 0. The van der Waals surface area contributed by atoms with Gasteiger partial charge in [-0.3, -0.25) is 0 Å². The minimum Gasteiger partial charge on any atom is -0.392 e. The third kappa shape index (κ3) is 10.6. The molecule has 0 heterocycles. The average Bonchev–Trinajstić information content (AvgIpc) is 2.38. The van der Waals surface area contributed by atoms with E-state index in [0.717, 1.165) is 38.5 Å². The first-order valence-corrected chi connectivity index (χ1v) is 7.45. The molecule has 0 spiro atoms. The van der Waals surface area contributed by atoms with Gasteiger partial charge in [0.2, 0.25) is 0 Å². The summed E-state index contributed by atoms with van der Waals surface area (Å²) in [6.07, 6.45) is 16.4. The van der Waals surface area contributed by atoms with Crippen LogP contribution in [0, 0.1) is 0 Å². The zero-order valence-electron chi connectivity index (χ0n) is 13.2. The number of aliphatic hydroxyl groups excluding tert-OH is 1. The summed E-state index contributed by atoms with van der Waals surface area (Å²) >= 11 is 0. The third-order valence-corrected chi connectivity index (χ3v) is 3.11. The van der Waals surface area contributed by atoms with Gasteiger partial charge < -0.3 is 5.11 Å². The van der Waals surface area contributed by atoms with Crippen molar-refractivity contribution in [2.75, 3.05) is 6.61 Å². The second-order valence-electron chi connectivity index (χ2n) is 5.25. The van der Waals surface area contributed by atoms with Crippen molar-refractivity contribution in [2.24, 2.45) is 0 Å². The highest BCUT2D eigenvalue weighted by Crippen LogP contribution is 2.16. The number of allylic oxidation sites excluding steroid dienone is 7. The maximum atomic E-state index is 8.98. The quantitative estimate of drug-likeness (QED) is 0.492. The highest BCUT2D eigenvalue weighted by atomic mass is 16.2. The molecular formula is C19H30O. The Hall–Kier alpha value is -1.34. The largest absolute Gasteiger partial charge is 0.392 e. The fourth-order valence-corrected chi connectivity index (χ4v) is 2.08. The van der Waals surface area contributed by atoms with Crippen LogP contribution in [0.4, 0.5) is 0 Å². The van der Waals surface area contributed by atoms with E-state index in [9.17, 15) is 0 Å². The molecule has 0 unspecified atom stereocenters. The molecule has 0 saturated heterocycles. The van der Waals surface area contributed by atoms with Gasteiger partial charge in [-0.15, -0.1) is 13.2 Å². The molecule has 0 fully saturated rings. The Morgan fingerprint density at radius 3 is 1.80 bits per heavy atom. The molecule has 1 N–H and O–H groups in total. The van der Waals surface area contributed by atoms with Crippen LogP contribution in [-0.2, 0) is 0 Å². The highest BCUT2D eigenvalue weighted by Gasteiger charge is 1.97. The SMILES string of the molecule is C=CC/C(=C\CC/C(=C/CO)CC=C)CCC=C(C)C. The zero-order valence-corrected chi connectivity index (χ0v) is 13.2. The average molecular weight is 274 g/mol. The Balaban J connectivity index is 4.37. The molecule has 1 nitrogen and oxygen atoms in total. The van der Waals surface area contributed by atoms with E-state index in [4.69, 9.17) is 5.11 Å². The van der Waals surface area contributed by atoms with Gasteiger partial charge in [0.25, 0.3) is 0 Å². The molecule has 0 aromatic heterocycles. The van der Waals surface area contributed by atoms with Gasteiger partial charge in [0.15, 0.2) is 0 Å². The molecule has 0 atom stereocenters. The number of aliphatic hydroxyl groups is 1. The Morgan fingerprint density at radius 2 is 1.35 bits per heavy atom. The Kier molecular flexibility index (Phi) is 11.8. The van der Waals surface area contributed by atoms with Crippen molar-refractivity contribution < 1.29 is 5.11 Å². The van der Waals surface area contributed by atoms with Crippen LogP contribution in [0.2, 0.25) is 0 Å². The van der Waals surface area contributed by atoms with E-state index < -0.39 is 0 Å². The van der Waals surface area contributed by atoms with Gasteiger partial charge in [-0.2, -0.15) is 0 Å². The first kappa shape index (κ1) is 18.7. The normalized spacial score (nSPS) is 12.2. The molecule has 0 rings (SSSR count). The van der Waals surface area contributed by atoms with Crippen molar-refractivity contribution in [1.82, 2.24) is 0 Å². The lowest BCUT2D eigenvalue weighted by Crippen LogP contribution is -1.87. The van der Waals surface area contributed by atoms with E-state index in [2.05, 4.69) is 39.2 Å². The molecule has 0 aromatic rings. The predicted octanol–water partition coefficient (Wildman–Crippen LogP) is 5.51. The molecule has 0 radical (unpaired) electrons. The van der Waals surface area contributed by atoms with E-state index >= 15 is 0 Å². The summed E-state index contributed by atoms with van der Waals surface area (Å²) in [5.41, 5.74) is 4.10. The number of hydrogen-bond acceptors (Lipinski definition) is 1. The van der Waals surface area contributed by atoms with Gasteiger partial charge in [0.05, 0.1) is 6.61 Å². The topological polar surface area (TPSA) is 20.2 Å². The van der Waals surface area contributed by atoms with Gasteiger partial charge in [-0.1, -0.05) is 47.1 Å². The lowest BCUT2D eigenvalue weighted by atomic mass is 10.0. The zero-order chi connectivity index (χ0) is 15.2. The predicted molar refractivity (Wildman–Crippen MR) is 90.8 cm³/mol. The van der Waals surface area contributed by atoms with Crippen LogP contribution >= 0.6 is 0 Å². The summed E-state index contributed by atoms with van der Waals surface area (Å²) in [5.74, 6) is 0. The van der Waals surface area contributed by atoms with Crippen LogP contribution < -0.4 is 0 Å². The lowest BCUT2D eigenvalue weighted by Gasteiger charge is -2.06. The molecule has 0 amide bonds. The van der Waals surface area contributed by atoms with Gasteiger partial charge in [-0.05, 0) is 52.4 Å². The monoisotopic (exact) mass is 274 g/mol. The molecule has 0 aromatic carbocycles. The van der Waals surface area contributed by atoms with Crippen molar-refractivity contribution >= 4 is 0 Å². The van der Waals surface area contributed by atoms with E-state index in [-0.39, 0.29) is 6.61 Å². The Labute approximate surface area is 125 Å². The maximum Gasteiger partial charge on any atom is 0.0615 e. The van der Waals surface area contributed by atoms with E-state index in [1.165, 1.54) is 16.7 Å². The molecule has 20 heavy (non-hydrogen) atoms. The lowest BCUT2D eigenvalue weighted by molar-refractivity contribution is 0.341. The summed E-state index contributed by atoms with van der Waals surface area (Å²) in [7, 11) is 0. The van der Waals surface area contributed by atoms with E-state index in [0.29, 0.717) is 0 Å². The smallest absolute Gasteiger partial charge is 0.0615 e. The number of rotatable bonds is 11. The fraction of sp³-hybridized carbons (Fsp3) is 0.474. The molecule has 112 valence electrons. The maximum absolute atomic E-state index is 8.98. The Morgan fingerprint density at radius 1 is 0.850 bits per heavy atom. The minimum absolute atomic E-state index is 0.118. The van der Waals surface area contributed by atoms with E-state index in [1.807, 2.05) is 18.2 Å². The molecule has 0 aliphatic heterocycles.